The van der Waals surface area contributed by atoms with Crippen LogP contribution in [0.3, 0.4) is 0 Å². The Balaban J connectivity index is 1.83. The van der Waals surface area contributed by atoms with E-state index in [1.807, 2.05) is 45.0 Å². The topological polar surface area (TPSA) is 103 Å². The number of rotatable bonds is 6. The minimum atomic E-state index is -3.42. The van der Waals surface area contributed by atoms with E-state index in [0.717, 1.165) is 17.7 Å². The summed E-state index contributed by atoms with van der Waals surface area (Å²) in [5.41, 5.74) is 1.51. The Bertz CT molecular complexity index is 799. The van der Waals surface area contributed by atoms with Crippen molar-refractivity contribution in [1.29, 1.82) is 0 Å². The molecule has 1 heterocycles. The molecular weight excluding hydrogens is 366 g/mol. The molecule has 9 heteroatoms. The van der Waals surface area contributed by atoms with Gasteiger partial charge in [0.1, 0.15) is 0 Å². The van der Waals surface area contributed by atoms with Crippen LogP contribution in [-0.4, -0.2) is 58.3 Å². The highest BCUT2D eigenvalue weighted by Gasteiger charge is 2.28. The Kier molecular flexibility index (Phi) is 6.69. The molecule has 8 nitrogen and oxygen atoms in total. The lowest BCUT2D eigenvalue weighted by Gasteiger charge is -2.21. The second-order valence-electron chi connectivity index (χ2n) is 7.42. The number of guanidine groups is 1. The quantitative estimate of drug-likeness (QED) is 0.480. The number of para-hydroxylation sites is 1. The molecule has 3 N–H and O–H groups in total. The third-order valence-corrected chi connectivity index (χ3v) is 5.76. The van der Waals surface area contributed by atoms with E-state index in [-0.39, 0.29) is 30.3 Å². The second-order valence-corrected chi connectivity index (χ2v) is 9.43. The van der Waals surface area contributed by atoms with Gasteiger partial charge in [-0.05, 0) is 38.8 Å². The predicted molar refractivity (Wildman–Crippen MR) is 109 cm³/mol. The average molecular weight is 396 g/mol. The third-order valence-electron chi connectivity index (χ3n) is 3.99. The zero-order valence-electron chi connectivity index (χ0n) is 16.4. The van der Waals surface area contributed by atoms with E-state index in [9.17, 15) is 13.2 Å². The fourth-order valence-corrected chi connectivity index (χ4v) is 4.28. The Morgan fingerprint density at radius 1 is 1.22 bits per heavy atom. The molecule has 0 aliphatic carbocycles. The van der Waals surface area contributed by atoms with Gasteiger partial charge in [0, 0.05) is 25.7 Å². The van der Waals surface area contributed by atoms with Crippen LogP contribution in [0.25, 0.3) is 0 Å². The number of amides is 1. The molecule has 27 heavy (non-hydrogen) atoms. The minimum absolute atomic E-state index is 0.0587. The third kappa shape index (κ3) is 6.13. The van der Waals surface area contributed by atoms with Gasteiger partial charge in [-0.25, -0.2) is 8.42 Å². The summed E-state index contributed by atoms with van der Waals surface area (Å²) in [6.07, 6.45) is 0.731. The van der Waals surface area contributed by atoms with Crippen molar-refractivity contribution in [1.82, 2.24) is 16.0 Å². The molecule has 0 aromatic heterocycles. The van der Waals surface area contributed by atoms with Gasteiger partial charge in [0.15, 0.2) is 5.96 Å². The maximum Gasteiger partial charge on any atom is 0.239 e. The molecule has 1 amide bonds. The molecule has 0 spiro atoms. The van der Waals surface area contributed by atoms with Gasteiger partial charge in [-0.15, -0.1) is 0 Å². The van der Waals surface area contributed by atoms with Crippen LogP contribution in [0.1, 0.15) is 26.3 Å². The van der Waals surface area contributed by atoms with E-state index in [1.165, 1.54) is 4.31 Å². The van der Waals surface area contributed by atoms with Crippen LogP contribution in [0.4, 0.5) is 5.69 Å². The molecule has 150 valence electrons. The summed E-state index contributed by atoms with van der Waals surface area (Å²) in [4.78, 5) is 15.9. The first-order valence-corrected chi connectivity index (χ1v) is 10.6. The maximum atomic E-state index is 12.6. The molecule has 0 fully saturated rings. The van der Waals surface area contributed by atoms with Crippen LogP contribution in [0.2, 0.25) is 0 Å². The Hall–Kier alpha value is -2.29. The normalized spacial score (nSPS) is 14.7. The molecule has 1 aromatic carbocycles. The Labute approximate surface area is 161 Å². The monoisotopic (exact) mass is 395 g/mol. The van der Waals surface area contributed by atoms with E-state index in [1.54, 1.807) is 7.05 Å². The van der Waals surface area contributed by atoms with Crippen molar-refractivity contribution in [3.8, 4) is 0 Å². The van der Waals surface area contributed by atoms with Crippen LogP contribution in [0, 0.1) is 0 Å². The predicted octanol–water partition coefficient (Wildman–Crippen LogP) is 0.459. The van der Waals surface area contributed by atoms with Crippen LogP contribution in [0.15, 0.2) is 29.3 Å². The van der Waals surface area contributed by atoms with Crippen molar-refractivity contribution in [2.45, 2.75) is 32.7 Å². The number of carbonyl (C=O) groups excluding carboxylic acids is 1. The lowest BCUT2D eigenvalue weighted by molar-refractivity contribution is -0.121. The first kappa shape index (κ1) is 21.0. The Morgan fingerprint density at radius 2 is 1.93 bits per heavy atom. The first-order chi connectivity index (χ1) is 12.6. The van der Waals surface area contributed by atoms with E-state index in [0.29, 0.717) is 12.5 Å². The van der Waals surface area contributed by atoms with Crippen LogP contribution >= 0.6 is 0 Å². The number of sulfonamides is 1. The second kappa shape index (κ2) is 8.60. The number of fused-ring (bicyclic) bond motifs is 1. The SMILES string of the molecule is CN=C(NCCS(=O)(=O)N1CCc2ccccc21)NCC(=O)NC(C)(C)C. The molecular formula is C18H29N5O3S. The highest BCUT2D eigenvalue weighted by atomic mass is 32.2. The van der Waals surface area contributed by atoms with Crippen molar-refractivity contribution in [2.24, 2.45) is 4.99 Å². The highest BCUT2D eigenvalue weighted by molar-refractivity contribution is 7.92. The van der Waals surface area contributed by atoms with Gasteiger partial charge in [-0.3, -0.25) is 14.1 Å². The van der Waals surface area contributed by atoms with Gasteiger partial charge < -0.3 is 16.0 Å². The Morgan fingerprint density at radius 3 is 2.59 bits per heavy atom. The zero-order valence-corrected chi connectivity index (χ0v) is 17.2. The van der Waals surface area contributed by atoms with Crippen molar-refractivity contribution < 1.29 is 13.2 Å². The van der Waals surface area contributed by atoms with Gasteiger partial charge in [-0.1, -0.05) is 18.2 Å². The number of anilines is 1. The molecule has 1 aromatic rings. The average Bonchev–Trinajstić information content (AvgIpc) is 3.01. The number of nitrogens with one attached hydrogen (secondary N) is 3. The summed E-state index contributed by atoms with van der Waals surface area (Å²) in [6, 6.07) is 7.56. The summed E-state index contributed by atoms with van der Waals surface area (Å²) >= 11 is 0. The van der Waals surface area contributed by atoms with E-state index in [2.05, 4.69) is 20.9 Å². The van der Waals surface area contributed by atoms with Crippen molar-refractivity contribution >= 4 is 27.6 Å². The summed E-state index contributed by atoms with van der Waals surface area (Å²) in [5, 5.41) is 8.66. The molecule has 0 radical (unpaired) electrons. The molecule has 0 bridgehead atoms. The van der Waals surface area contributed by atoms with Gasteiger partial charge in [0.05, 0.1) is 18.0 Å². The summed E-state index contributed by atoms with van der Waals surface area (Å²) in [5.74, 6) is 0.166. The lowest BCUT2D eigenvalue weighted by atomic mass is 10.1. The van der Waals surface area contributed by atoms with Crippen molar-refractivity contribution in [3.05, 3.63) is 29.8 Å². The highest BCUT2D eigenvalue weighted by Crippen LogP contribution is 2.29. The largest absolute Gasteiger partial charge is 0.355 e. The zero-order chi connectivity index (χ0) is 20.1. The summed E-state index contributed by atoms with van der Waals surface area (Å²) in [6.45, 7) is 6.43. The van der Waals surface area contributed by atoms with E-state index in [4.69, 9.17) is 0 Å². The summed E-state index contributed by atoms with van der Waals surface area (Å²) < 4.78 is 26.8. The van der Waals surface area contributed by atoms with Gasteiger partial charge >= 0.3 is 0 Å². The molecule has 2 rings (SSSR count). The van der Waals surface area contributed by atoms with E-state index < -0.39 is 10.0 Å². The molecule has 1 aliphatic heterocycles. The molecule has 0 saturated carbocycles. The molecule has 1 aliphatic rings. The van der Waals surface area contributed by atoms with Crippen LogP contribution < -0.4 is 20.3 Å². The lowest BCUT2D eigenvalue weighted by Crippen LogP contribution is -2.48. The van der Waals surface area contributed by atoms with Crippen LogP contribution in [0.5, 0.6) is 0 Å². The van der Waals surface area contributed by atoms with E-state index >= 15 is 0 Å². The number of hydrogen-bond donors (Lipinski definition) is 3. The number of hydrogen-bond acceptors (Lipinski definition) is 4. The maximum absolute atomic E-state index is 12.6. The van der Waals surface area contributed by atoms with Gasteiger partial charge in [0.25, 0.3) is 0 Å². The first-order valence-electron chi connectivity index (χ1n) is 8.96. The number of aliphatic imine (C=N–C) groups is 1. The van der Waals surface area contributed by atoms with Gasteiger partial charge in [-0.2, -0.15) is 0 Å². The minimum Gasteiger partial charge on any atom is -0.355 e. The van der Waals surface area contributed by atoms with Crippen molar-refractivity contribution in [3.63, 3.8) is 0 Å². The number of carbonyl (C=O) groups is 1. The molecule has 0 saturated heterocycles. The fraction of sp³-hybridized carbons (Fsp3) is 0.556. The van der Waals surface area contributed by atoms with Crippen LogP contribution in [-0.2, 0) is 21.2 Å². The smallest absolute Gasteiger partial charge is 0.239 e. The number of benzene rings is 1. The molecule has 0 atom stereocenters. The van der Waals surface area contributed by atoms with Crippen molar-refractivity contribution in [2.75, 3.05) is 36.7 Å². The summed E-state index contributed by atoms with van der Waals surface area (Å²) in [7, 11) is -1.85. The van der Waals surface area contributed by atoms with Gasteiger partial charge in [0.2, 0.25) is 15.9 Å². The molecule has 0 unspecified atom stereocenters. The standard InChI is InChI=1S/C18H29N5O3S/c1-18(2,3)22-16(24)13-21-17(19-4)20-10-12-27(25,26)23-11-9-14-7-5-6-8-15(14)23/h5-8H,9-13H2,1-4H3,(H,22,24)(H2,19,20,21). The fourth-order valence-electron chi connectivity index (χ4n) is 2.85. The number of nitrogens with zero attached hydrogens (tertiary/aromatic N) is 2.